The lowest BCUT2D eigenvalue weighted by Gasteiger charge is -2.12. The molecule has 0 saturated carbocycles. The highest BCUT2D eigenvalue weighted by Gasteiger charge is 2.32. The lowest BCUT2D eigenvalue weighted by atomic mass is 10.1. The Kier molecular flexibility index (Phi) is 8.63. The Balaban J connectivity index is 2.60. The Labute approximate surface area is 143 Å². The SMILES string of the molecule is CCCCCCCCC(=O)C(OS(=O)(=O)c1ccccc1)C(=O)O. The normalized spacial score (nSPS) is 12.7. The maximum absolute atomic E-state index is 12.1. The molecular weight excluding hydrogens is 332 g/mol. The van der Waals surface area contributed by atoms with E-state index in [1.54, 1.807) is 6.07 Å². The van der Waals surface area contributed by atoms with Crippen LogP contribution in [0.25, 0.3) is 0 Å². The van der Waals surface area contributed by atoms with Gasteiger partial charge >= 0.3 is 5.97 Å². The average molecular weight is 356 g/mol. The van der Waals surface area contributed by atoms with Gasteiger partial charge in [-0.3, -0.25) is 4.79 Å². The average Bonchev–Trinajstić information content (AvgIpc) is 2.56. The zero-order valence-corrected chi connectivity index (χ0v) is 14.6. The zero-order valence-electron chi connectivity index (χ0n) is 13.8. The summed E-state index contributed by atoms with van der Waals surface area (Å²) in [5.41, 5.74) is 0. The van der Waals surface area contributed by atoms with Gasteiger partial charge in [-0.05, 0) is 18.6 Å². The summed E-state index contributed by atoms with van der Waals surface area (Å²) in [7, 11) is -4.29. The van der Waals surface area contributed by atoms with Crippen molar-refractivity contribution in [3.8, 4) is 0 Å². The smallest absolute Gasteiger partial charge is 0.342 e. The third-order valence-corrected chi connectivity index (χ3v) is 4.84. The molecule has 1 aromatic rings. The molecule has 0 amide bonds. The Morgan fingerprint density at radius 2 is 1.62 bits per heavy atom. The van der Waals surface area contributed by atoms with Crippen molar-refractivity contribution >= 4 is 21.9 Å². The lowest BCUT2D eigenvalue weighted by Crippen LogP contribution is -2.35. The van der Waals surface area contributed by atoms with E-state index in [1.165, 1.54) is 24.3 Å². The molecule has 1 N–H and O–H groups in total. The van der Waals surface area contributed by atoms with E-state index in [1.807, 2.05) is 0 Å². The molecule has 0 aliphatic rings. The topological polar surface area (TPSA) is 97.7 Å². The third-order valence-electron chi connectivity index (χ3n) is 3.55. The van der Waals surface area contributed by atoms with E-state index in [4.69, 9.17) is 5.11 Å². The molecule has 0 saturated heterocycles. The Hall–Kier alpha value is -1.73. The number of benzene rings is 1. The summed E-state index contributed by atoms with van der Waals surface area (Å²) in [5, 5.41) is 9.12. The second-order valence-electron chi connectivity index (χ2n) is 5.57. The van der Waals surface area contributed by atoms with Crippen LogP contribution in [0.3, 0.4) is 0 Å². The van der Waals surface area contributed by atoms with Crippen molar-refractivity contribution in [2.24, 2.45) is 0 Å². The third kappa shape index (κ3) is 6.80. The van der Waals surface area contributed by atoms with Gasteiger partial charge in [-0.25, -0.2) is 8.98 Å². The molecule has 1 unspecified atom stereocenters. The molecule has 0 spiro atoms. The van der Waals surface area contributed by atoms with Gasteiger partial charge in [0.1, 0.15) is 0 Å². The van der Waals surface area contributed by atoms with Crippen LogP contribution in [0.1, 0.15) is 51.9 Å². The molecule has 0 aliphatic heterocycles. The molecular formula is C17H24O6S. The van der Waals surface area contributed by atoms with Gasteiger partial charge in [-0.1, -0.05) is 57.2 Å². The van der Waals surface area contributed by atoms with Crippen molar-refractivity contribution in [3.05, 3.63) is 30.3 Å². The fraction of sp³-hybridized carbons (Fsp3) is 0.529. The van der Waals surface area contributed by atoms with Crippen molar-refractivity contribution in [2.75, 3.05) is 0 Å². The molecule has 6 nitrogen and oxygen atoms in total. The molecule has 7 heteroatoms. The van der Waals surface area contributed by atoms with Crippen LogP contribution >= 0.6 is 0 Å². The van der Waals surface area contributed by atoms with Gasteiger partial charge < -0.3 is 5.11 Å². The number of carbonyl (C=O) groups is 2. The lowest BCUT2D eigenvalue weighted by molar-refractivity contribution is -0.150. The van der Waals surface area contributed by atoms with Crippen LogP contribution in [0.15, 0.2) is 35.2 Å². The number of unbranched alkanes of at least 4 members (excludes halogenated alkanes) is 5. The second kappa shape index (κ2) is 10.2. The summed E-state index contributed by atoms with van der Waals surface area (Å²) in [4.78, 5) is 23.0. The Morgan fingerprint density at radius 1 is 1.04 bits per heavy atom. The summed E-state index contributed by atoms with van der Waals surface area (Å²) in [6.45, 7) is 2.10. The van der Waals surface area contributed by atoms with E-state index < -0.39 is 28.0 Å². The number of carboxylic acid groups (broad SMARTS) is 1. The van der Waals surface area contributed by atoms with Crippen LogP contribution in [0.5, 0.6) is 0 Å². The predicted molar refractivity (Wildman–Crippen MR) is 89.1 cm³/mol. The van der Waals surface area contributed by atoms with Crippen LogP contribution in [0, 0.1) is 0 Å². The molecule has 0 radical (unpaired) electrons. The first kappa shape index (κ1) is 20.3. The number of rotatable bonds is 12. The predicted octanol–water partition coefficient (Wildman–Crippen LogP) is 3.16. The first-order chi connectivity index (χ1) is 11.4. The maximum atomic E-state index is 12.1. The molecule has 1 atom stereocenters. The maximum Gasteiger partial charge on any atom is 0.342 e. The molecule has 134 valence electrons. The highest BCUT2D eigenvalue weighted by Crippen LogP contribution is 2.16. The van der Waals surface area contributed by atoms with Gasteiger partial charge in [0.2, 0.25) is 6.10 Å². The minimum Gasteiger partial charge on any atom is -0.479 e. The van der Waals surface area contributed by atoms with Crippen molar-refractivity contribution < 1.29 is 27.3 Å². The monoisotopic (exact) mass is 356 g/mol. The highest BCUT2D eigenvalue weighted by molar-refractivity contribution is 7.86. The summed E-state index contributed by atoms with van der Waals surface area (Å²) >= 11 is 0. The summed E-state index contributed by atoms with van der Waals surface area (Å²) in [6, 6.07) is 7.17. The summed E-state index contributed by atoms with van der Waals surface area (Å²) in [5.74, 6) is -2.32. The minimum atomic E-state index is -4.29. The molecule has 1 aromatic carbocycles. The molecule has 24 heavy (non-hydrogen) atoms. The van der Waals surface area contributed by atoms with E-state index in [0.29, 0.717) is 6.42 Å². The zero-order chi connectivity index (χ0) is 18.0. The van der Waals surface area contributed by atoms with Crippen molar-refractivity contribution in [3.63, 3.8) is 0 Å². The van der Waals surface area contributed by atoms with E-state index in [0.717, 1.165) is 32.1 Å². The van der Waals surface area contributed by atoms with Gasteiger partial charge in [0, 0.05) is 6.42 Å². The molecule has 0 bridgehead atoms. The fourth-order valence-electron chi connectivity index (χ4n) is 2.21. The first-order valence-electron chi connectivity index (χ1n) is 8.12. The van der Waals surface area contributed by atoms with E-state index in [-0.39, 0.29) is 11.3 Å². The fourth-order valence-corrected chi connectivity index (χ4v) is 3.26. The van der Waals surface area contributed by atoms with E-state index >= 15 is 0 Å². The summed E-state index contributed by atoms with van der Waals surface area (Å²) in [6.07, 6.45) is 3.63. The molecule has 0 heterocycles. The summed E-state index contributed by atoms with van der Waals surface area (Å²) < 4.78 is 28.8. The van der Waals surface area contributed by atoms with E-state index in [9.17, 15) is 18.0 Å². The van der Waals surface area contributed by atoms with Crippen molar-refractivity contribution in [2.45, 2.75) is 62.9 Å². The van der Waals surface area contributed by atoms with Gasteiger partial charge in [-0.2, -0.15) is 8.42 Å². The Morgan fingerprint density at radius 3 is 2.21 bits per heavy atom. The molecule has 0 fully saturated rings. The van der Waals surface area contributed by atoms with Crippen LogP contribution in [-0.2, 0) is 23.9 Å². The van der Waals surface area contributed by atoms with E-state index in [2.05, 4.69) is 11.1 Å². The standard InChI is InChI=1S/C17H24O6S/c1-2-3-4-5-6-10-13-15(18)16(17(19)20)23-24(21,22)14-11-8-7-9-12-14/h7-9,11-12,16H,2-6,10,13H2,1H3,(H,19,20). The van der Waals surface area contributed by atoms with Crippen LogP contribution < -0.4 is 0 Å². The first-order valence-corrected chi connectivity index (χ1v) is 9.53. The number of aliphatic carboxylic acids is 1. The van der Waals surface area contributed by atoms with Crippen LogP contribution in [0.4, 0.5) is 0 Å². The second-order valence-corrected chi connectivity index (χ2v) is 7.14. The van der Waals surface area contributed by atoms with Crippen molar-refractivity contribution in [1.29, 1.82) is 0 Å². The molecule has 0 aromatic heterocycles. The number of hydrogen-bond acceptors (Lipinski definition) is 5. The van der Waals surface area contributed by atoms with Gasteiger partial charge in [0.25, 0.3) is 10.1 Å². The number of carboxylic acids is 1. The number of hydrogen-bond donors (Lipinski definition) is 1. The highest BCUT2D eigenvalue weighted by atomic mass is 32.2. The quantitative estimate of drug-likeness (QED) is 0.351. The minimum absolute atomic E-state index is 0.00655. The molecule has 1 rings (SSSR count). The van der Waals surface area contributed by atoms with Crippen LogP contribution in [0.2, 0.25) is 0 Å². The Bertz CT molecular complexity index is 624. The van der Waals surface area contributed by atoms with Gasteiger partial charge in [0.15, 0.2) is 5.78 Å². The van der Waals surface area contributed by atoms with Gasteiger partial charge in [0.05, 0.1) is 4.90 Å². The number of ketones is 1. The van der Waals surface area contributed by atoms with Crippen LogP contribution in [-0.4, -0.2) is 31.4 Å². The van der Waals surface area contributed by atoms with Crippen molar-refractivity contribution in [1.82, 2.24) is 0 Å². The largest absolute Gasteiger partial charge is 0.479 e. The molecule has 0 aliphatic carbocycles. The number of carbonyl (C=O) groups excluding carboxylic acids is 1. The number of Topliss-reactive ketones (excluding diaryl/α,β-unsaturated/α-hetero) is 1. The van der Waals surface area contributed by atoms with Gasteiger partial charge in [-0.15, -0.1) is 0 Å².